The summed E-state index contributed by atoms with van der Waals surface area (Å²) in [6, 6.07) is 4.23. The minimum Gasteiger partial charge on any atom is -0.389 e. The van der Waals surface area contributed by atoms with Gasteiger partial charge in [-0.3, -0.25) is 0 Å². The molecule has 18 heavy (non-hydrogen) atoms. The fourth-order valence-electron chi connectivity index (χ4n) is 1.40. The van der Waals surface area contributed by atoms with Gasteiger partial charge in [0.1, 0.15) is 6.10 Å². The SMILES string of the molecule is N#Cc1ccc(C(O)C(O)CS)cc1C(F)(F)F. The lowest BCUT2D eigenvalue weighted by Crippen LogP contribution is -2.20. The van der Waals surface area contributed by atoms with Crippen LogP contribution in [0.2, 0.25) is 0 Å². The number of rotatable bonds is 3. The van der Waals surface area contributed by atoms with Crippen molar-refractivity contribution in [2.75, 3.05) is 5.75 Å². The zero-order valence-corrected chi connectivity index (χ0v) is 9.91. The Balaban J connectivity index is 3.24. The average molecular weight is 277 g/mol. The average Bonchev–Trinajstić information content (AvgIpc) is 2.35. The number of aliphatic hydroxyl groups is 2. The first-order chi connectivity index (χ1) is 8.31. The standard InChI is InChI=1S/C11H10F3NO2S/c12-11(13,14)8-3-6(1-2-7(8)4-15)10(17)9(16)5-18/h1-3,9-10,16-18H,5H2. The van der Waals surface area contributed by atoms with Gasteiger partial charge in [-0.05, 0) is 17.7 Å². The molecule has 0 fully saturated rings. The second kappa shape index (κ2) is 5.61. The Labute approximate surface area is 107 Å². The van der Waals surface area contributed by atoms with Crippen molar-refractivity contribution in [3.63, 3.8) is 0 Å². The molecule has 0 aliphatic carbocycles. The molecule has 7 heteroatoms. The number of benzene rings is 1. The number of aliphatic hydroxyl groups excluding tert-OH is 2. The van der Waals surface area contributed by atoms with Crippen LogP contribution >= 0.6 is 12.6 Å². The van der Waals surface area contributed by atoms with E-state index < -0.39 is 29.5 Å². The van der Waals surface area contributed by atoms with E-state index in [1.54, 1.807) is 0 Å². The van der Waals surface area contributed by atoms with E-state index in [9.17, 15) is 23.4 Å². The van der Waals surface area contributed by atoms with Crippen LogP contribution < -0.4 is 0 Å². The third-order valence-corrected chi connectivity index (χ3v) is 2.74. The molecule has 1 rings (SSSR count). The third kappa shape index (κ3) is 3.16. The van der Waals surface area contributed by atoms with Crippen molar-refractivity contribution in [1.29, 1.82) is 5.26 Å². The Bertz CT molecular complexity index is 470. The maximum Gasteiger partial charge on any atom is 0.417 e. The predicted octanol–water partition coefficient (Wildman–Crippen LogP) is 1.90. The highest BCUT2D eigenvalue weighted by Crippen LogP contribution is 2.34. The van der Waals surface area contributed by atoms with E-state index in [4.69, 9.17) is 5.26 Å². The molecular formula is C11H10F3NO2S. The fraction of sp³-hybridized carbons (Fsp3) is 0.364. The van der Waals surface area contributed by atoms with Gasteiger partial charge in [0, 0.05) is 5.75 Å². The summed E-state index contributed by atoms with van der Waals surface area (Å²) >= 11 is 3.74. The number of nitrogens with zero attached hydrogens (tertiary/aromatic N) is 1. The van der Waals surface area contributed by atoms with Crippen LogP contribution in [0.25, 0.3) is 0 Å². The Morgan fingerprint density at radius 1 is 1.33 bits per heavy atom. The smallest absolute Gasteiger partial charge is 0.389 e. The van der Waals surface area contributed by atoms with Crippen LogP contribution in [0.15, 0.2) is 18.2 Å². The van der Waals surface area contributed by atoms with Crippen LogP contribution in [-0.4, -0.2) is 22.1 Å². The fourth-order valence-corrected chi connectivity index (χ4v) is 1.60. The molecule has 1 aromatic carbocycles. The van der Waals surface area contributed by atoms with Crippen molar-refractivity contribution in [1.82, 2.24) is 0 Å². The summed E-state index contributed by atoms with van der Waals surface area (Å²) in [5.41, 5.74) is -1.77. The quantitative estimate of drug-likeness (QED) is 0.739. The van der Waals surface area contributed by atoms with Gasteiger partial charge in [-0.1, -0.05) is 6.07 Å². The number of halogens is 3. The molecule has 2 unspecified atom stereocenters. The van der Waals surface area contributed by atoms with Gasteiger partial charge in [-0.2, -0.15) is 31.1 Å². The Morgan fingerprint density at radius 2 is 1.94 bits per heavy atom. The molecule has 3 nitrogen and oxygen atoms in total. The van der Waals surface area contributed by atoms with Crippen LogP contribution in [0.5, 0.6) is 0 Å². The molecule has 0 aliphatic heterocycles. The highest BCUT2D eigenvalue weighted by Gasteiger charge is 2.34. The lowest BCUT2D eigenvalue weighted by Gasteiger charge is -2.18. The monoisotopic (exact) mass is 277 g/mol. The van der Waals surface area contributed by atoms with Crippen LogP contribution in [-0.2, 0) is 6.18 Å². The summed E-state index contributed by atoms with van der Waals surface area (Å²) in [7, 11) is 0. The minimum atomic E-state index is -4.69. The maximum atomic E-state index is 12.7. The number of thiol groups is 1. The molecule has 0 radical (unpaired) electrons. The zero-order valence-electron chi connectivity index (χ0n) is 9.02. The predicted molar refractivity (Wildman–Crippen MR) is 61.0 cm³/mol. The van der Waals surface area contributed by atoms with E-state index in [1.807, 2.05) is 0 Å². The van der Waals surface area contributed by atoms with Gasteiger partial charge in [0.25, 0.3) is 0 Å². The first kappa shape index (κ1) is 14.8. The van der Waals surface area contributed by atoms with E-state index in [2.05, 4.69) is 12.6 Å². The molecule has 0 heterocycles. The van der Waals surface area contributed by atoms with Gasteiger partial charge in [-0.15, -0.1) is 0 Å². The molecule has 0 saturated carbocycles. The third-order valence-electron chi connectivity index (χ3n) is 2.36. The molecule has 1 aromatic rings. The highest BCUT2D eigenvalue weighted by atomic mass is 32.1. The molecule has 0 spiro atoms. The molecule has 0 aromatic heterocycles. The van der Waals surface area contributed by atoms with Crippen LogP contribution in [0.3, 0.4) is 0 Å². The molecule has 0 amide bonds. The number of hydrogen-bond donors (Lipinski definition) is 3. The summed E-state index contributed by atoms with van der Waals surface area (Å²) < 4.78 is 38.0. The summed E-state index contributed by atoms with van der Waals surface area (Å²) in [5, 5.41) is 27.5. The van der Waals surface area contributed by atoms with Gasteiger partial charge in [-0.25, -0.2) is 0 Å². The van der Waals surface area contributed by atoms with Crippen molar-refractivity contribution in [3.8, 4) is 6.07 Å². The second-order valence-electron chi connectivity index (χ2n) is 3.61. The lowest BCUT2D eigenvalue weighted by molar-refractivity contribution is -0.137. The molecule has 2 atom stereocenters. The minimum absolute atomic E-state index is 0.0947. The van der Waals surface area contributed by atoms with Crippen molar-refractivity contribution in [3.05, 3.63) is 34.9 Å². The number of nitriles is 1. The van der Waals surface area contributed by atoms with E-state index in [1.165, 1.54) is 12.1 Å². The molecule has 2 N–H and O–H groups in total. The highest BCUT2D eigenvalue weighted by molar-refractivity contribution is 7.80. The van der Waals surface area contributed by atoms with Crippen LogP contribution in [0.4, 0.5) is 13.2 Å². The van der Waals surface area contributed by atoms with E-state index in [-0.39, 0.29) is 11.3 Å². The van der Waals surface area contributed by atoms with E-state index >= 15 is 0 Å². The van der Waals surface area contributed by atoms with Crippen molar-refractivity contribution in [2.24, 2.45) is 0 Å². The molecular weight excluding hydrogens is 267 g/mol. The van der Waals surface area contributed by atoms with E-state index in [0.29, 0.717) is 6.07 Å². The molecule has 0 bridgehead atoms. The van der Waals surface area contributed by atoms with E-state index in [0.717, 1.165) is 6.07 Å². The van der Waals surface area contributed by atoms with Gasteiger partial charge >= 0.3 is 6.18 Å². The Morgan fingerprint density at radius 3 is 2.39 bits per heavy atom. The molecule has 0 saturated heterocycles. The maximum absolute atomic E-state index is 12.7. The second-order valence-corrected chi connectivity index (χ2v) is 3.97. The lowest BCUT2D eigenvalue weighted by atomic mass is 9.99. The van der Waals surface area contributed by atoms with Crippen LogP contribution in [0, 0.1) is 11.3 Å². The normalized spacial score (nSPS) is 14.9. The number of hydrogen-bond acceptors (Lipinski definition) is 4. The summed E-state index contributed by atoms with van der Waals surface area (Å²) in [6.07, 6.45) is -7.44. The Kier molecular flexibility index (Phi) is 4.62. The summed E-state index contributed by atoms with van der Waals surface area (Å²) in [4.78, 5) is 0. The largest absolute Gasteiger partial charge is 0.417 e. The van der Waals surface area contributed by atoms with Crippen molar-refractivity contribution in [2.45, 2.75) is 18.4 Å². The van der Waals surface area contributed by atoms with Gasteiger partial charge in [0.05, 0.1) is 23.3 Å². The van der Waals surface area contributed by atoms with Gasteiger partial charge < -0.3 is 10.2 Å². The van der Waals surface area contributed by atoms with Gasteiger partial charge in [0.15, 0.2) is 0 Å². The van der Waals surface area contributed by atoms with Crippen molar-refractivity contribution >= 4 is 12.6 Å². The topological polar surface area (TPSA) is 64.2 Å². The molecule has 0 aliphatic rings. The first-order valence-electron chi connectivity index (χ1n) is 4.89. The summed E-state index contributed by atoms with van der Waals surface area (Å²) in [6.45, 7) is 0. The summed E-state index contributed by atoms with van der Waals surface area (Å²) in [5.74, 6) is -0.0947. The van der Waals surface area contributed by atoms with Gasteiger partial charge in [0.2, 0.25) is 0 Å². The Hall–Kier alpha value is -1.23. The zero-order chi connectivity index (χ0) is 13.9. The first-order valence-corrected chi connectivity index (χ1v) is 5.52. The van der Waals surface area contributed by atoms with Crippen LogP contribution in [0.1, 0.15) is 22.8 Å². The number of alkyl halides is 3. The van der Waals surface area contributed by atoms with Crippen molar-refractivity contribution < 1.29 is 23.4 Å². The molecule has 98 valence electrons.